The SMILES string of the molecule is NCC(=O)NCC(=O)N[C@@H](CO)C(=O)N[C@@H](Cc1ccc(O)cc1)C(=O)O. The van der Waals surface area contributed by atoms with Gasteiger partial charge in [-0.25, -0.2) is 4.79 Å². The number of aliphatic carboxylic acids is 1. The maximum Gasteiger partial charge on any atom is 0.326 e. The van der Waals surface area contributed by atoms with Crippen LogP contribution in [0.25, 0.3) is 0 Å². The lowest BCUT2D eigenvalue weighted by Gasteiger charge is -2.20. The minimum Gasteiger partial charge on any atom is -0.508 e. The molecule has 8 N–H and O–H groups in total. The molecular weight excluding hydrogens is 360 g/mol. The normalized spacial score (nSPS) is 12.5. The van der Waals surface area contributed by atoms with Crippen molar-refractivity contribution in [1.82, 2.24) is 16.0 Å². The molecule has 2 atom stereocenters. The number of amides is 3. The lowest BCUT2D eigenvalue weighted by atomic mass is 10.1. The Labute approximate surface area is 154 Å². The number of aliphatic hydroxyl groups excluding tert-OH is 1. The first-order chi connectivity index (χ1) is 12.8. The number of hydrogen-bond acceptors (Lipinski definition) is 7. The van der Waals surface area contributed by atoms with Crippen LogP contribution in [0.5, 0.6) is 5.75 Å². The molecule has 1 aromatic carbocycles. The van der Waals surface area contributed by atoms with E-state index < -0.39 is 48.9 Å². The molecule has 0 saturated heterocycles. The van der Waals surface area contributed by atoms with Crippen LogP contribution < -0.4 is 21.7 Å². The Morgan fingerprint density at radius 2 is 1.63 bits per heavy atom. The fourth-order valence-electron chi connectivity index (χ4n) is 2.03. The average molecular weight is 382 g/mol. The number of rotatable bonds is 10. The number of phenols is 1. The molecule has 11 nitrogen and oxygen atoms in total. The van der Waals surface area contributed by atoms with Crippen molar-refractivity contribution in [2.75, 3.05) is 19.7 Å². The summed E-state index contributed by atoms with van der Waals surface area (Å²) in [5.74, 6) is -3.53. The van der Waals surface area contributed by atoms with Crippen LogP contribution in [0.2, 0.25) is 0 Å². The zero-order valence-electron chi connectivity index (χ0n) is 14.3. The van der Waals surface area contributed by atoms with Crippen LogP contribution in [0.4, 0.5) is 0 Å². The van der Waals surface area contributed by atoms with Crippen LogP contribution in [0.1, 0.15) is 5.56 Å². The van der Waals surface area contributed by atoms with Crippen molar-refractivity contribution >= 4 is 23.7 Å². The number of aromatic hydroxyl groups is 1. The van der Waals surface area contributed by atoms with Crippen LogP contribution in [0.3, 0.4) is 0 Å². The maximum absolute atomic E-state index is 12.2. The molecule has 0 saturated carbocycles. The van der Waals surface area contributed by atoms with Gasteiger partial charge in [0.1, 0.15) is 17.8 Å². The summed E-state index contributed by atoms with van der Waals surface area (Å²) in [5.41, 5.74) is 5.62. The summed E-state index contributed by atoms with van der Waals surface area (Å²) in [4.78, 5) is 46.2. The molecule has 0 radical (unpaired) electrons. The first-order valence-corrected chi connectivity index (χ1v) is 7.94. The molecule has 0 heterocycles. The van der Waals surface area contributed by atoms with Gasteiger partial charge in [-0.05, 0) is 17.7 Å². The highest BCUT2D eigenvalue weighted by molar-refractivity contribution is 5.92. The van der Waals surface area contributed by atoms with Gasteiger partial charge in [-0.2, -0.15) is 0 Å². The highest BCUT2D eigenvalue weighted by Gasteiger charge is 2.26. The Morgan fingerprint density at radius 1 is 1.00 bits per heavy atom. The summed E-state index contributed by atoms with van der Waals surface area (Å²) in [7, 11) is 0. The molecule has 1 rings (SSSR count). The Hall–Kier alpha value is -3.18. The van der Waals surface area contributed by atoms with Gasteiger partial charge in [-0.3, -0.25) is 14.4 Å². The molecule has 0 bridgehead atoms. The third kappa shape index (κ3) is 7.71. The smallest absolute Gasteiger partial charge is 0.326 e. The number of aliphatic hydroxyl groups is 1. The minimum atomic E-state index is -1.39. The second kappa shape index (κ2) is 10.7. The fraction of sp³-hybridized carbons (Fsp3) is 0.375. The monoisotopic (exact) mass is 382 g/mol. The number of carbonyl (C=O) groups excluding carboxylic acids is 3. The molecule has 11 heteroatoms. The van der Waals surface area contributed by atoms with Crippen molar-refractivity contribution in [2.45, 2.75) is 18.5 Å². The van der Waals surface area contributed by atoms with Crippen molar-refractivity contribution < 1.29 is 34.5 Å². The molecule has 0 aliphatic carbocycles. The Morgan fingerprint density at radius 3 is 2.15 bits per heavy atom. The second-order valence-electron chi connectivity index (χ2n) is 5.55. The summed E-state index contributed by atoms with van der Waals surface area (Å²) in [6.45, 7) is -1.53. The van der Waals surface area contributed by atoms with E-state index in [0.29, 0.717) is 5.56 Å². The topological polar surface area (TPSA) is 191 Å². The summed E-state index contributed by atoms with van der Waals surface area (Å²) in [6.07, 6.45) is -0.0694. The van der Waals surface area contributed by atoms with Gasteiger partial charge < -0.3 is 37.0 Å². The van der Waals surface area contributed by atoms with E-state index >= 15 is 0 Å². The highest BCUT2D eigenvalue weighted by atomic mass is 16.4. The quantitative estimate of drug-likeness (QED) is 0.223. The van der Waals surface area contributed by atoms with Crippen LogP contribution in [-0.2, 0) is 25.6 Å². The molecule has 148 valence electrons. The fourth-order valence-corrected chi connectivity index (χ4v) is 2.03. The summed E-state index contributed by atoms with van der Waals surface area (Å²) in [5, 5.41) is 34.4. The predicted octanol–water partition coefficient (Wildman–Crippen LogP) is -2.94. The van der Waals surface area contributed by atoms with E-state index in [9.17, 15) is 34.5 Å². The number of nitrogens with two attached hydrogens (primary N) is 1. The molecule has 1 aromatic rings. The maximum atomic E-state index is 12.2. The van der Waals surface area contributed by atoms with Gasteiger partial charge >= 0.3 is 5.97 Å². The van der Waals surface area contributed by atoms with E-state index in [1.165, 1.54) is 24.3 Å². The molecule has 27 heavy (non-hydrogen) atoms. The van der Waals surface area contributed by atoms with Crippen molar-refractivity contribution in [3.8, 4) is 5.75 Å². The first-order valence-electron chi connectivity index (χ1n) is 7.94. The lowest BCUT2D eigenvalue weighted by Crippen LogP contribution is -2.55. The molecule has 0 aliphatic rings. The third-order valence-electron chi connectivity index (χ3n) is 3.46. The van der Waals surface area contributed by atoms with Gasteiger partial charge in [0, 0.05) is 6.42 Å². The number of benzene rings is 1. The largest absolute Gasteiger partial charge is 0.508 e. The molecular formula is C16H22N4O7. The third-order valence-corrected chi connectivity index (χ3v) is 3.46. The van der Waals surface area contributed by atoms with E-state index in [0.717, 1.165) is 0 Å². The van der Waals surface area contributed by atoms with E-state index in [2.05, 4.69) is 16.0 Å². The van der Waals surface area contributed by atoms with E-state index in [1.807, 2.05) is 0 Å². The first kappa shape index (κ1) is 21.9. The Bertz CT molecular complexity index is 678. The van der Waals surface area contributed by atoms with Gasteiger partial charge in [-0.1, -0.05) is 12.1 Å². The molecule has 0 aliphatic heterocycles. The molecule has 0 aromatic heterocycles. The molecule has 0 fully saturated rings. The molecule has 0 unspecified atom stereocenters. The van der Waals surface area contributed by atoms with E-state index in [-0.39, 0.29) is 18.7 Å². The van der Waals surface area contributed by atoms with Gasteiger partial charge in [0.25, 0.3) is 0 Å². The number of hydrogen-bond donors (Lipinski definition) is 7. The van der Waals surface area contributed by atoms with E-state index in [4.69, 9.17) is 5.73 Å². The predicted molar refractivity (Wildman–Crippen MR) is 92.5 cm³/mol. The van der Waals surface area contributed by atoms with Gasteiger partial charge in [-0.15, -0.1) is 0 Å². The van der Waals surface area contributed by atoms with Crippen LogP contribution >= 0.6 is 0 Å². The number of phenolic OH excluding ortho intramolecular Hbond substituents is 1. The minimum absolute atomic E-state index is 0.0134. The van der Waals surface area contributed by atoms with Gasteiger partial charge in [0.2, 0.25) is 17.7 Å². The lowest BCUT2D eigenvalue weighted by molar-refractivity contribution is -0.142. The van der Waals surface area contributed by atoms with Crippen molar-refractivity contribution in [1.29, 1.82) is 0 Å². The van der Waals surface area contributed by atoms with Crippen molar-refractivity contribution in [3.63, 3.8) is 0 Å². The standard InChI is InChI=1S/C16H22N4O7/c17-6-13(23)18-7-14(24)19-12(8-21)15(25)20-11(16(26)27)5-9-1-3-10(22)4-2-9/h1-4,11-12,21-22H,5-8,17H2,(H,18,23)(H,19,24)(H,20,25)(H,26,27)/t11-,12-/m0/s1. The van der Waals surface area contributed by atoms with E-state index in [1.54, 1.807) is 0 Å². The van der Waals surface area contributed by atoms with Crippen molar-refractivity contribution in [2.24, 2.45) is 5.73 Å². The number of carboxylic acids is 1. The second-order valence-corrected chi connectivity index (χ2v) is 5.55. The Balaban J connectivity index is 2.66. The van der Waals surface area contributed by atoms with Crippen LogP contribution in [-0.4, -0.2) is 70.8 Å². The Kier molecular flexibility index (Phi) is 8.69. The van der Waals surface area contributed by atoms with Crippen molar-refractivity contribution in [3.05, 3.63) is 29.8 Å². The van der Waals surface area contributed by atoms with Crippen LogP contribution in [0, 0.1) is 0 Å². The summed E-state index contributed by atoms with van der Waals surface area (Å²) < 4.78 is 0. The van der Waals surface area contributed by atoms with Crippen LogP contribution in [0.15, 0.2) is 24.3 Å². The zero-order valence-corrected chi connectivity index (χ0v) is 14.3. The van der Waals surface area contributed by atoms with Gasteiger partial charge in [0.05, 0.1) is 19.7 Å². The average Bonchev–Trinajstić information content (AvgIpc) is 2.64. The number of nitrogens with one attached hydrogen (secondary N) is 3. The molecule has 3 amide bonds. The zero-order chi connectivity index (χ0) is 20.4. The van der Waals surface area contributed by atoms with Gasteiger partial charge in [0.15, 0.2) is 0 Å². The number of carboxylic acid groups (broad SMARTS) is 1. The summed E-state index contributed by atoms with van der Waals surface area (Å²) >= 11 is 0. The molecule has 0 spiro atoms. The number of carbonyl (C=O) groups is 4. The highest BCUT2D eigenvalue weighted by Crippen LogP contribution is 2.11. The summed E-state index contributed by atoms with van der Waals surface area (Å²) in [6, 6.07) is 3.05.